The molecule has 0 amide bonds. The van der Waals surface area contributed by atoms with Gasteiger partial charge in [0.05, 0.1) is 6.10 Å². The molecule has 0 saturated carbocycles. The SMILES string of the molecule is C=CCC(O)c1ccc2c(c1)OCCO2. The third-order valence-electron chi connectivity index (χ3n) is 2.34. The molecular formula is C12H14O3. The van der Waals surface area contributed by atoms with Gasteiger partial charge in [0.2, 0.25) is 0 Å². The number of ether oxygens (including phenoxy) is 2. The number of hydrogen-bond acceptors (Lipinski definition) is 3. The van der Waals surface area contributed by atoms with Crippen molar-refractivity contribution in [2.45, 2.75) is 12.5 Å². The van der Waals surface area contributed by atoms with Crippen LogP contribution < -0.4 is 9.47 Å². The molecule has 3 nitrogen and oxygen atoms in total. The van der Waals surface area contributed by atoms with E-state index in [0.29, 0.717) is 25.4 Å². The van der Waals surface area contributed by atoms with E-state index in [-0.39, 0.29) is 0 Å². The van der Waals surface area contributed by atoms with E-state index in [0.717, 1.165) is 11.3 Å². The van der Waals surface area contributed by atoms with Crippen LogP contribution in [0.3, 0.4) is 0 Å². The lowest BCUT2D eigenvalue weighted by Gasteiger charge is -2.19. The van der Waals surface area contributed by atoms with Crippen LogP contribution in [-0.4, -0.2) is 18.3 Å². The molecule has 80 valence electrons. The monoisotopic (exact) mass is 206 g/mol. The van der Waals surface area contributed by atoms with Crippen molar-refractivity contribution in [2.24, 2.45) is 0 Å². The first-order valence-corrected chi connectivity index (χ1v) is 5.00. The van der Waals surface area contributed by atoms with Crippen LogP contribution in [0.5, 0.6) is 11.5 Å². The molecule has 0 aromatic heterocycles. The zero-order valence-electron chi connectivity index (χ0n) is 8.48. The van der Waals surface area contributed by atoms with E-state index >= 15 is 0 Å². The number of aliphatic hydroxyl groups is 1. The highest BCUT2D eigenvalue weighted by molar-refractivity contribution is 5.44. The Morgan fingerprint density at radius 2 is 2.07 bits per heavy atom. The van der Waals surface area contributed by atoms with Gasteiger partial charge in [-0.05, 0) is 24.1 Å². The molecule has 1 heterocycles. The lowest BCUT2D eigenvalue weighted by molar-refractivity contribution is 0.165. The zero-order chi connectivity index (χ0) is 10.7. The van der Waals surface area contributed by atoms with Gasteiger partial charge in [0, 0.05) is 0 Å². The van der Waals surface area contributed by atoms with Gasteiger partial charge in [-0.1, -0.05) is 12.1 Å². The van der Waals surface area contributed by atoms with Crippen molar-refractivity contribution in [1.82, 2.24) is 0 Å². The first-order valence-electron chi connectivity index (χ1n) is 5.00. The average Bonchev–Trinajstić information content (AvgIpc) is 2.29. The summed E-state index contributed by atoms with van der Waals surface area (Å²) in [5.41, 5.74) is 0.833. The molecule has 0 aliphatic carbocycles. The minimum Gasteiger partial charge on any atom is -0.486 e. The molecule has 0 fully saturated rings. The van der Waals surface area contributed by atoms with Gasteiger partial charge in [-0.15, -0.1) is 6.58 Å². The van der Waals surface area contributed by atoms with Gasteiger partial charge in [-0.2, -0.15) is 0 Å². The van der Waals surface area contributed by atoms with Gasteiger partial charge in [-0.25, -0.2) is 0 Å². The molecule has 0 bridgehead atoms. The van der Waals surface area contributed by atoms with Crippen molar-refractivity contribution in [2.75, 3.05) is 13.2 Å². The molecule has 1 N–H and O–H groups in total. The van der Waals surface area contributed by atoms with Gasteiger partial charge in [0.1, 0.15) is 13.2 Å². The van der Waals surface area contributed by atoms with Crippen molar-refractivity contribution in [3.05, 3.63) is 36.4 Å². The van der Waals surface area contributed by atoms with Crippen LogP contribution in [0.25, 0.3) is 0 Å². The van der Waals surface area contributed by atoms with E-state index in [1.807, 2.05) is 18.2 Å². The van der Waals surface area contributed by atoms with Gasteiger partial charge in [0.15, 0.2) is 11.5 Å². The maximum atomic E-state index is 9.75. The quantitative estimate of drug-likeness (QED) is 0.769. The molecule has 1 atom stereocenters. The van der Waals surface area contributed by atoms with Crippen LogP contribution >= 0.6 is 0 Å². The number of hydrogen-bond donors (Lipinski definition) is 1. The second kappa shape index (κ2) is 4.36. The van der Waals surface area contributed by atoms with Crippen molar-refractivity contribution in [3.63, 3.8) is 0 Å². The average molecular weight is 206 g/mol. The summed E-state index contributed by atoms with van der Waals surface area (Å²) in [5, 5.41) is 9.75. The first kappa shape index (κ1) is 10.1. The fraction of sp³-hybridized carbons (Fsp3) is 0.333. The highest BCUT2D eigenvalue weighted by Gasteiger charge is 2.14. The normalized spacial score (nSPS) is 15.8. The molecule has 1 aliphatic rings. The van der Waals surface area contributed by atoms with E-state index < -0.39 is 6.10 Å². The van der Waals surface area contributed by atoms with E-state index in [4.69, 9.17) is 9.47 Å². The molecule has 0 radical (unpaired) electrons. The fourth-order valence-electron chi connectivity index (χ4n) is 1.56. The molecular weight excluding hydrogens is 192 g/mol. The van der Waals surface area contributed by atoms with Crippen molar-refractivity contribution >= 4 is 0 Å². The summed E-state index contributed by atoms with van der Waals surface area (Å²) in [5.74, 6) is 1.46. The Labute approximate surface area is 88.9 Å². The Morgan fingerprint density at radius 3 is 2.80 bits per heavy atom. The molecule has 0 spiro atoms. The largest absolute Gasteiger partial charge is 0.486 e. The van der Waals surface area contributed by atoms with E-state index in [9.17, 15) is 5.11 Å². The molecule has 3 heteroatoms. The van der Waals surface area contributed by atoms with Crippen LogP contribution in [0.1, 0.15) is 18.1 Å². The standard InChI is InChI=1S/C12H14O3/c1-2-3-10(13)9-4-5-11-12(8-9)15-7-6-14-11/h2,4-5,8,10,13H,1,3,6-7H2. The van der Waals surface area contributed by atoms with E-state index in [1.165, 1.54) is 0 Å². The summed E-state index contributed by atoms with van der Waals surface area (Å²) in [6, 6.07) is 5.50. The van der Waals surface area contributed by atoms with E-state index in [2.05, 4.69) is 6.58 Å². The molecule has 2 rings (SSSR count). The molecule has 15 heavy (non-hydrogen) atoms. The zero-order valence-corrected chi connectivity index (χ0v) is 8.48. The minimum absolute atomic E-state index is 0.515. The van der Waals surface area contributed by atoms with Crippen molar-refractivity contribution < 1.29 is 14.6 Å². The summed E-state index contributed by atoms with van der Waals surface area (Å²) in [4.78, 5) is 0. The molecule has 1 aromatic carbocycles. The molecule has 1 aromatic rings. The lowest BCUT2D eigenvalue weighted by Crippen LogP contribution is -2.15. The topological polar surface area (TPSA) is 38.7 Å². The van der Waals surface area contributed by atoms with Crippen LogP contribution in [0.4, 0.5) is 0 Å². The summed E-state index contributed by atoms with van der Waals surface area (Å²) in [6.07, 6.45) is 1.72. The fourth-order valence-corrected chi connectivity index (χ4v) is 1.56. The Bertz CT molecular complexity index is 360. The Hall–Kier alpha value is -1.48. The third kappa shape index (κ3) is 2.13. The van der Waals surface area contributed by atoms with Gasteiger partial charge in [0.25, 0.3) is 0 Å². The Kier molecular flexibility index (Phi) is 2.92. The summed E-state index contributed by atoms with van der Waals surface area (Å²) >= 11 is 0. The molecule has 1 unspecified atom stereocenters. The molecule has 0 saturated heterocycles. The minimum atomic E-state index is -0.515. The predicted molar refractivity (Wildman–Crippen MR) is 57.2 cm³/mol. The molecule has 1 aliphatic heterocycles. The van der Waals surface area contributed by atoms with E-state index in [1.54, 1.807) is 6.08 Å². The van der Waals surface area contributed by atoms with Crippen LogP contribution in [0.2, 0.25) is 0 Å². The van der Waals surface area contributed by atoms with Crippen molar-refractivity contribution in [3.8, 4) is 11.5 Å². The first-order chi connectivity index (χ1) is 7.31. The number of benzene rings is 1. The van der Waals surface area contributed by atoms with Crippen LogP contribution in [-0.2, 0) is 0 Å². The smallest absolute Gasteiger partial charge is 0.161 e. The number of aliphatic hydroxyl groups excluding tert-OH is 1. The summed E-state index contributed by atoms with van der Waals surface area (Å²) in [7, 11) is 0. The number of fused-ring (bicyclic) bond motifs is 1. The highest BCUT2D eigenvalue weighted by Crippen LogP contribution is 2.33. The second-order valence-electron chi connectivity index (χ2n) is 3.44. The number of rotatable bonds is 3. The van der Waals surface area contributed by atoms with Crippen LogP contribution in [0, 0.1) is 0 Å². The second-order valence-corrected chi connectivity index (χ2v) is 3.44. The third-order valence-corrected chi connectivity index (χ3v) is 2.34. The van der Waals surface area contributed by atoms with Crippen LogP contribution in [0.15, 0.2) is 30.9 Å². The van der Waals surface area contributed by atoms with Gasteiger partial charge in [-0.3, -0.25) is 0 Å². The van der Waals surface area contributed by atoms with Crippen molar-refractivity contribution in [1.29, 1.82) is 0 Å². The van der Waals surface area contributed by atoms with Gasteiger partial charge < -0.3 is 14.6 Å². The van der Waals surface area contributed by atoms with Gasteiger partial charge >= 0.3 is 0 Å². The highest BCUT2D eigenvalue weighted by atomic mass is 16.6. The Morgan fingerprint density at radius 1 is 1.33 bits per heavy atom. The predicted octanol–water partition coefficient (Wildman–Crippen LogP) is 2.07. The summed E-state index contributed by atoms with van der Waals surface area (Å²) < 4.78 is 10.8. The summed E-state index contributed by atoms with van der Waals surface area (Å²) in [6.45, 7) is 4.75. The maximum Gasteiger partial charge on any atom is 0.161 e. The lowest BCUT2D eigenvalue weighted by atomic mass is 10.1. The Balaban J connectivity index is 2.23. The maximum absolute atomic E-state index is 9.75.